The first kappa shape index (κ1) is 22.0. The topological polar surface area (TPSA) is 54.9 Å². The quantitative estimate of drug-likeness (QED) is 0.255. The summed E-state index contributed by atoms with van der Waals surface area (Å²) in [7, 11) is 1.81. The molecule has 1 fully saturated rings. The van der Waals surface area contributed by atoms with Crippen LogP contribution in [0.1, 0.15) is 36.8 Å². The molecular weight excluding hydrogens is 453 g/mol. The third kappa shape index (κ3) is 7.70. The molecule has 0 bridgehead atoms. The molecule has 3 rings (SSSR count). The first-order valence-electron chi connectivity index (χ1n) is 9.67. The maximum Gasteiger partial charge on any atom is 0.191 e. The molecule has 1 aliphatic heterocycles. The van der Waals surface area contributed by atoms with E-state index >= 15 is 0 Å². The molecule has 150 valence electrons. The van der Waals surface area contributed by atoms with Gasteiger partial charge in [0.15, 0.2) is 5.96 Å². The second kappa shape index (κ2) is 11.5. The van der Waals surface area contributed by atoms with Crippen molar-refractivity contribution in [1.29, 1.82) is 0 Å². The molecule has 27 heavy (non-hydrogen) atoms. The fourth-order valence-electron chi connectivity index (χ4n) is 2.97. The van der Waals surface area contributed by atoms with E-state index in [-0.39, 0.29) is 24.0 Å². The van der Waals surface area contributed by atoms with E-state index in [1.165, 1.54) is 29.5 Å². The van der Waals surface area contributed by atoms with Gasteiger partial charge in [-0.3, -0.25) is 4.99 Å². The summed E-state index contributed by atoms with van der Waals surface area (Å²) in [6, 6.07) is 6.41. The lowest BCUT2D eigenvalue weighted by Gasteiger charge is -2.17. The van der Waals surface area contributed by atoms with Crippen molar-refractivity contribution in [3.05, 3.63) is 41.0 Å². The molecule has 0 spiro atoms. The van der Waals surface area contributed by atoms with Gasteiger partial charge in [0.2, 0.25) is 0 Å². The first-order valence-corrected chi connectivity index (χ1v) is 9.67. The van der Waals surface area contributed by atoms with Crippen LogP contribution in [0.25, 0.3) is 0 Å². The minimum absolute atomic E-state index is 0. The second-order valence-corrected chi connectivity index (χ2v) is 7.16. The Morgan fingerprint density at radius 1 is 1.30 bits per heavy atom. The number of guanidine groups is 1. The van der Waals surface area contributed by atoms with Crippen molar-refractivity contribution in [3.63, 3.8) is 0 Å². The molecule has 5 nitrogen and oxygen atoms in total. The number of nitrogens with one attached hydrogen (secondary N) is 2. The number of nitrogens with zero attached hydrogens (tertiary/aromatic N) is 1. The molecule has 2 aliphatic rings. The SMILES string of the molecule is CN=C(NCCC1=CCOCC1)NCc1ccc(C)cc1OCC1CC1.I. The number of halogens is 1. The van der Waals surface area contributed by atoms with Crippen LogP contribution in [0.5, 0.6) is 5.75 Å². The average molecular weight is 485 g/mol. The summed E-state index contributed by atoms with van der Waals surface area (Å²) in [5.41, 5.74) is 3.87. The molecular formula is C21H32IN3O2. The Kier molecular flexibility index (Phi) is 9.41. The number of hydrogen-bond acceptors (Lipinski definition) is 3. The van der Waals surface area contributed by atoms with Gasteiger partial charge in [0.25, 0.3) is 0 Å². The van der Waals surface area contributed by atoms with Crippen LogP contribution in [0.3, 0.4) is 0 Å². The largest absolute Gasteiger partial charge is 0.493 e. The van der Waals surface area contributed by atoms with Crippen LogP contribution in [-0.2, 0) is 11.3 Å². The van der Waals surface area contributed by atoms with E-state index in [0.717, 1.165) is 56.8 Å². The predicted molar refractivity (Wildman–Crippen MR) is 121 cm³/mol. The fraction of sp³-hybridized carbons (Fsp3) is 0.571. The van der Waals surface area contributed by atoms with Crippen molar-refractivity contribution in [2.24, 2.45) is 10.9 Å². The lowest BCUT2D eigenvalue weighted by molar-refractivity contribution is 0.153. The van der Waals surface area contributed by atoms with Crippen molar-refractivity contribution in [1.82, 2.24) is 10.6 Å². The summed E-state index contributed by atoms with van der Waals surface area (Å²) in [6.45, 7) is 6.12. The van der Waals surface area contributed by atoms with E-state index in [9.17, 15) is 0 Å². The molecule has 0 radical (unpaired) electrons. The van der Waals surface area contributed by atoms with Crippen LogP contribution in [0.15, 0.2) is 34.8 Å². The van der Waals surface area contributed by atoms with E-state index in [4.69, 9.17) is 9.47 Å². The summed E-state index contributed by atoms with van der Waals surface area (Å²) in [6.07, 6.45) is 6.87. The van der Waals surface area contributed by atoms with Crippen LogP contribution in [-0.4, -0.2) is 39.4 Å². The Bertz CT molecular complexity index is 657. The molecule has 1 aromatic carbocycles. The van der Waals surface area contributed by atoms with Gasteiger partial charge < -0.3 is 20.1 Å². The van der Waals surface area contributed by atoms with Crippen LogP contribution in [0.4, 0.5) is 0 Å². The van der Waals surface area contributed by atoms with E-state index in [0.29, 0.717) is 6.54 Å². The van der Waals surface area contributed by atoms with Crippen LogP contribution < -0.4 is 15.4 Å². The molecule has 0 amide bonds. The number of ether oxygens (including phenoxy) is 2. The highest BCUT2D eigenvalue weighted by atomic mass is 127. The molecule has 0 unspecified atom stereocenters. The Balaban J connectivity index is 0.00000261. The van der Waals surface area contributed by atoms with Gasteiger partial charge in [-0.2, -0.15) is 0 Å². The highest BCUT2D eigenvalue weighted by Crippen LogP contribution is 2.30. The number of hydrogen-bond donors (Lipinski definition) is 2. The molecule has 0 saturated heterocycles. The van der Waals surface area contributed by atoms with E-state index in [2.05, 4.69) is 46.8 Å². The van der Waals surface area contributed by atoms with Gasteiger partial charge in [-0.05, 0) is 50.2 Å². The van der Waals surface area contributed by atoms with Crippen LogP contribution >= 0.6 is 24.0 Å². The van der Waals surface area contributed by atoms with Crippen molar-refractivity contribution in [3.8, 4) is 5.75 Å². The maximum atomic E-state index is 6.05. The number of aliphatic imine (C=N–C) groups is 1. The van der Waals surface area contributed by atoms with Gasteiger partial charge in [0.05, 0.1) is 19.8 Å². The molecule has 2 N–H and O–H groups in total. The Morgan fingerprint density at radius 3 is 2.85 bits per heavy atom. The normalized spacial score (nSPS) is 17.0. The van der Waals surface area contributed by atoms with Crippen molar-refractivity contribution < 1.29 is 9.47 Å². The lowest BCUT2D eigenvalue weighted by atomic mass is 10.1. The fourth-order valence-corrected chi connectivity index (χ4v) is 2.97. The van der Waals surface area contributed by atoms with Gasteiger partial charge in [0.1, 0.15) is 5.75 Å². The minimum Gasteiger partial charge on any atom is -0.493 e. The van der Waals surface area contributed by atoms with E-state index < -0.39 is 0 Å². The highest BCUT2D eigenvalue weighted by molar-refractivity contribution is 14.0. The van der Waals surface area contributed by atoms with Crippen molar-refractivity contribution >= 4 is 29.9 Å². The molecule has 1 aromatic rings. The summed E-state index contributed by atoms with van der Waals surface area (Å²) in [4.78, 5) is 4.33. The highest BCUT2D eigenvalue weighted by Gasteiger charge is 2.22. The molecule has 1 aliphatic carbocycles. The molecule has 6 heteroatoms. The zero-order valence-corrected chi connectivity index (χ0v) is 18.8. The average Bonchev–Trinajstić information content (AvgIpc) is 3.49. The summed E-state index contributed by atoms with van der Waals surface area (Å²) in [5, 5.41) is 6.80. The first-order chi connectivity index (χ1) is 12.7. The molecule has 0 atom stereocenters. The maximum absolute atomic E-state index is 6.05. The Hall–Kier alpha value is -1.28. The second-order valence-electron chi connectivity index (χ2n) is 7.16. The Morgan fingerprint density at radius 2 is 2.15 bits per heavy atom. The molecule has 1 saturated carbocycles. The molecule has 1 heterocycles. The minimum atomic E-state index is 0. The van der Waals surface area contributed by atoms with Gasteiger partial charge >= 0.3 is 0 Å². The third-order valence-electron chi connectivity index (χ3n) is 4.86. The lowest BCUT2D eigenvalue weighted by Crippen LogP contribution is -2.37. The standard InChI is InChI=1S/C21H31N3O2.HI/c1-16-3-6-19(20(13-16)26-15-18-4-5-18)14-24-21(22-2)23-10-7-17-8-11-25-12-9-17;/h3,6,8,13,18H,4-5,7,9-12,14-15H2,1-2H3,(H2,22,23,24);1H. The number of benzene rings is 1. The van der Waals surface area contributed by atoms with Gasteiger partial charge in [0, 0.05) is 25.7 Å². The van der Waals surface area contributed by atoms with Crippen LogP contribution in [0, 0.1) is 12.8 Å². The third-order valence-corrected chi connectivity index (χ3v) is 4.86. The molecule has 0 aromatic heterocycles. The van der Waals surface area contributed by atoms with Gasteiger partial charge in [-0.1, -0.05) is 23.8 Å². The number of rotatable bonds is 8. The van der Waals surface area contributed by atoms with Gasteiger partial charge in [-0.25, -0.2) is 0 Å². The summed E-state index contributed by atoms with van der Waals surface area (Å²) < 4.78 is 11.4. The van der Waals surface area contributed by atoms with Gasteiger partial charge in [-0.15, -0.1) is 24.0 Å². The number of aryl methyl sites for hydroxylation is 1. The van der Waals surface area contributed by atoms with Crippen LogP contribution in [0.2, 0.25) is 0 Å². The van der Waals surface area contributed by atoms with E-state index in [1.807, 2.05) is 7.05 Å². The van der Waals surface area contributed by atoms with Crippen molar-refractivity contribution in [2.75, 3.05) is 33.4 Å². The zero-order chi connectivity index (χ0) is 18.2. The monoisotopic (exact) mass is 485 g/mol. The summed E-state index contributed by atoms with van der Waals surface area (Å²) in [5.74, 6) is 2.57. The van der Waals surface area contributed by atoms with Crippen molar-refractivity contribution in [2.45, 2.75) is 39.2 Å². The summed E-state index contributed by atoms with van der Waals surface area (Å²) >= 11 is 0. The smallest absolute Gasteiger partial charge is 0.191 e. The zero-order valence-electron chi connectivity index (χ0n) is 16.4. The predicted octanol–water partition coefficient (Wildman–Crippen LogP) is 3.80. The Labute approximate surface area is 180 Å². The van der Waals surface area contributed by atoms with E-state index in [1.54, 1.807) is 0 Å².